The first-order chi connectivity index (χ1) is 19.0. The van der Waals surface area contributed by atoms with E-state index in [1.165, 1.54) is 30.0 Å². The van der Waals surface area contributed by atoms with Gasteiger partial charge in [-0.25, -0.2) is 13.9 Å². The molecule has 1 aliphatic rings. The van der Waals surface area contributed by atoms with E-state index in [0.29, 0.717) is 11.3 Å². The Hall–Kier alpha value is -3.62. The maximum absolute atomic E-state index is 16.2. The third-order valence-electron chi connectivity index (χ3n) is 6.10. The second kappa shape index (κ2) is 11.9. The van der Waals surface area contributed by atoms with Gasteiger partial charge in [0, 0.05) is 7.05 Å². The van der Waals surface area contributed by atoms with E-state index in [1.807, 2.05) is 0 Å². The quantitative estimate of drug-likeness (QED) is 0.139. The lowest BCUT2D eigenvalue weighted by Crippen LogP contribution is -2.42. The van der Waals surface area contributed by atoms with Crippen LogP contribution in [0.2, 0.25) is 0 Å². The fraction of sp³-hybridized carbons (Fsp3) is 0.417. The number of aromatic nitrogens is 4. The molecule has 0 saturated carbocycles. The Labute approximate surface area is 229 Å². The number of nitrogens with one attached hydrogen (secondary N) is 2. The lowest BCUT2D eigenvalue weighted by atomic mass is 9.96. The van der Waals surface area contributed by atoms with Crippen molar-refractivity contribution in [3.05, 3.63) is 49.3 Å². The zero-order valence-electron chi connectivity index (χ0n) is 22.1. The summed E-state index contributed by atoms with van der Waals surface area (Å²) in [5, 5.41) is 16.3. The number of hydrogen-bond acceptors (Lipinski definition) is 12. The van der Waals surface area contributed by atoms with Crippen molar-refractivity contribution in [3.63, 3.8) is 0 Å². The van der Waals surface area contributed by atoms with E-state index in [2.05, 4.69) is 31.9 Å². The minimum absolute atomic E-state index is 0.0964. The van der Waals surface area contributed by atoms with E-state index < -0.39 is 50.5 Å². The van der Waals surface area contributed by atoms with Gasteiger partial charge < -0.3 is 30.2 Å². The lowest BCUT2D eigenvalue weighted by molar-refractivity contribution is -0.144. The standard InChI is InChI=1S/C24H31FN7O7P/c1-5-24(25)18(33)16(38-22(24)32-13-28-17-19(27-4)29-23(26)30-20(17)32)12-37-40(35,31-14(3)21(34)36-6-2)39-15-10-8-7-9-11-15/h5,7-11,13-14,16,18,22,33H,1,6,12H2,2-4H3,(H,31,35)(H3,26,27,29,30)/t14-,16+,18+,22+,24?,40?/m0/s1. The van der Waals surface area contributed by atoms with Crippen LogP contribution < -0.4 is 20.7 Å². The van der Waals surface area contributed by atoms with Crippen molar-refractivity contribution in [2.45, 2.75) is 44.0 Å². The van der Waals surface area contributed by atoms with Crippen molar-refractivity contribution in [2.75, 3.05) is 31.3 Å². The first-order valence-electron chi connectivity index (χ1n) is 12.3. The summed E-state index contributed by atoms with van der Waals surface area (Å²) in [6.45, 7) is 6.08. The van der Waals surface area contributed by atoms with Gasteiger partial charge in [-0.2, -0.15) is 15.1 Å². The molecule has 5 N–H and O–H groups in total. The van der Waals surface area contributed by atoms with E-state index in [-0.39, 0.29) is 24.0 Å². The Bertz CT molecular complexity index is 1410. The van der Waals surface area contributed by atoms with Gasteiger partial charge in [-0.15, -0.1) is 0 Å². The highest BCUT2D eigenvalue weighted by Crippen LogP contribution is 2.48. The average Bonchev–Trinajstić information content (AvgIpc) is 3.46. The van der Waals surface area contributed by atoms with E-state index >= 15 is 4.39 Å². The van der Waals surface area contributed by atoms with Crippen molar-refractivity contribution in [2.24, 2.45) is 0 Å². The van der Waals surface area contributed by atoms with Crippen LogP contribution in [0.4, 0.5) is 16.2 Å². The Morgan fingerprint density at radius 3 is 2.77 bits per heavy atom. The molecule has 6 atom stereocenters. The summed E-state index contributed by atoms with van der Waals surface area (Å²) in [5.41, 5.74) is 3.70. The first kappa shape index (κ1) is 29.4. The highest BCUT2D eigenvalue weighted by atomic mass is 31.2. The molecule has 1 aliphatic heterocycles. The third-order valence-corrected chi connectivity index (χ3v) is 7.74. The molecule has 40 heavy (non-hydrogen) atoms. The van der Waals surface area contributed by atoms with E-state index in [9.17, 15) is 14.5 Å². The number of nitrogen functional groups attached to an aromatic ring is 1. The number of aliphatic hydroxyl groups excluding tert-OH is 1. The number of alkyl halides is 1. The molecular formula is C24H31FN7O7P. The first-order valence-corrected chi connectivity index (χ1v) is 13.9. The topological polar surface area (TPSA) is 185 Å². The minimum Gasteiger partial charge on any atom is -0.465 e. The smallest absolute Gasteiger partial charge is 0.459 e. The van der Waals surface area contributed by atoms with Crippen molar-refractivity contribution >= 4 is 36.6 Å². The fourth-order valence-electron chi connectivity index (χ4n) is 4.12. The summed E-state index contributed by atoms with van der Waals surface area (Å²) < 4.78 is 53.2. The molecule has 2 unspecified atom stereocenters. The number of carbonyl (C=O) groups excluding carboxylic acids is 1. The molecule has 3 heterocycles. The number of fused-ring (bicyclic) bond motifs is 1. The Kier molecular flexibility index (Phi) is 8.71. The maximum Gasteiger partial charge on any atom is 0.459 e. The number of nitrogens with zero attached hydrogens (tertiary/aromatic N) is 4. The number of hydrogen-bond donors (Lipinski definition) is 4. The molecule has 1 aromatic carbocycles. The molecule has 3 aromatic rings. The molecule has 0 spiro atoms. The zero-order chi connectivity index (χ0) is 29.1. The van der Waals surface area contributed by atoms with Gasteiger partial charge in [-0.3, -0.25) is 13.9 Å². The Morgan fingerprint density at radius 2 is 2.12 bits per heavy atom. The zero-order valence-corrected chi connectivity index (χ0v) is 23.0. The number of halogens is 1. The van der Waals surface area contributed by atoms with Gasteiger partial charge in [0.15, 0.2) is 23.2 Å². The van der Waals surface area contributed by atoms with Crippen molar-refractivity contribution in [3.8, 4) is 5.75 Å². The Morgan fingerprint density at radius 1 is 1.40 bits per heavy atom. The summed E-state index contributed by atoms with van der Waals surface area (Å²) >= 11 is 0. The molecule has 1 fully saturated rings. The van der Waals surface area contributed by atoms with Crippen LogP contribution in [0.25, 0.3) is 11.2 Å². The van der Waals surface area contributed by atoms with Crippen LogP contribution in [0, 0.1) is 0 Å². The number of benzene rings is 1. The molecule has 16 heteroatoms. The number of imidazole rings is 1. The maximum atomic E-state index is 16.2. The van der Waals surface area contributed by atoms with Crippen LogP contribution >= 0.6 is 7.75 Å². The number of aliphatic hydroxyl groups is 1. The second-order valence-electron chi connectivity index (χ2n) is 8.81. The predicted octanol–water partition coefficient (Wildman–Crippen LogP) is 2.35. The summed E-state index contributed by atoms with van der Waals surface area (Å²) in [6, 6.07) is 7.00. The SMILES string of the molecule is C=CC1(F)[C@H](O)[C@@H](COP(=O)(N[C@@H](C)C(=O)OCC)Oc2ccccc2)O[C@H]1n1cnc2c(NC)nc(N)nc21. The van der Waals surface area contributed by atoms with Gasteiger partial charge in [0.1, 0.15) is 24.0 Å². The molecule has 14 nitrogen and oxygen atoms in total. The van der Waals surface area contributed by atoms with Gasteiger partial charge in [0.05, 0.1) is 19.5 Å². The average molecular weight is 580 g/mol. The molecule has 0 radical (unpaired) electrons. The van der Waals surface area contributed by atoms with Gasteiger partial charge in [0.2, 0.25) is 11.6 Å². The molecule has 0 aliphatic carbocycles. The van der Waals surface area contributed by atoms with E-state index in [4.69, 9.17) is 24.3 Å². The number of para-hydroxylation sites is 1. The van der Waals surface area contributed by atoms with E-state index in [0.717, 1.165) is 6.08 Å². The molecular weight excluding hydrogens is 548 g/mol. The summed E-state index contributed by atoms with van der Waals surface area (Å²) in [6.07, 6.45) is -2.51. The van der Waals surface area contributed by atoms with Crippen LogP contribution in [-0.2, 0) is 23.4 Å². The summed E-state index contributed by atoms with van der Waals surface area (Å²) in [5.74, 6) is -0.304. The molecule has 1 saturated heterocycles. The van der Waals surface area contributed by atoms with Crippen molar-refractivity contribution < 1.29 is 37.4 Å². The number of esters is 1. The van der Waals surface area contributed by atoms with Gasteiger partial charge in [-0.05, 0) is 32.1 Å². The molecule has 0 amide bonds. The van der Waals surface area contributed by atoms with Crippen LogP contribution in [0.5, 0.6) is 5.75 Å². The normalized spacial score (nSPS) is 24.8. The third kappa shape index (κ3) is 5.78. The van der Waals surface area contributed by atoms with E-state index in [1.54, 1.807) is 32.2 Å². The summed E-state index contributed by atoms with van der Waals surface area (Å²) in [7, 11) is -2.68. The number of ether oxygens (including phenoxy) is 2. The van der Waals surface area contributed by atoms with Crippen molar-refractivity contribution in [1.82, 2.24) is 24.6 Å². The second-order valence-corrected chi connectivity index (χ2v) is 10.5. The number of nitrogens with two attached hydrogens (primary N) is 1. The van der Waals surface area contributed by atoms with Crippen LogP contribution in [0.1, 0.15) is 20.1 Å². The monoisotopic (exact) mass is 579 g/mol. The lowest BCUT2D eigenvalue weighted by Gasteiger charge is -2.26. The molecule has 0 bridgehead atoms. The predicted molar refractivity (Wildman–Crippen MR) is 143 cm³/mol. The largest absolute Gasteiger partial charge is 0.465 e. The number of carbonyl (C=O) groups is 1. The fourth-order valence-corrected chi connectivity index (χ4v) is 5.63. The number of rotatable bonds is 12. The number of anilines is 2. The van der Waals surface area contributed by atoms with Crippen LogP contribution in [0.15, 0.2) is 49.3 Å². The molecule has 216 valence electrons. The minimum atomic E-state index is -4.30. The van der Waals surface area contributed by atoms with Gasteiger partial charge in [0.25, 0.3) is 0 Å². The van der Waals surface area contributed by atoms with Crippen LogP contribution in [-0.4, -0.2) is 74.8 Å². The van der Waals surface area contributed by atoms with Gasteiger partial charge >= 0.3 is 13.7 Å². The molecule has 2 aromatic heterocycles. The highest BCUT2D eigenvalue weighted by Gasteiger charge is 2.57. The Balaban J connectivity index is 1.60. The highest BCUT2D eigenvalue weighted by molar-refractivity contribution is 7.52. The van der Waals surface area contributed by atoms with Crippen LogP contribution in [0.3, 0.4) is 0 Å². The molecule has 4 rings (SSSR count). The van der Waals surface area contributed by atoms with Crippen molar-refractivity contribution in [1.29, 1.82) is 0 Å². The van der Waals surface area contributed by atoms with Gasteiger partial charge in [-0.1, -0.05) is 24.8 Å². The summed E-state index contributed by atoms with van der Waals surface area (Å²) in [4.78, 5) is 24.6.